The van der Waals surface area contributed by atoms with Gasteiger partial charge in [-0.25, -0.2) is 14.0 Å². The summed E-state index contributed by atoms with van der Waals surface area (Å²) >= 11 is 0. The molecule has 2 heterocycles. The van der Waals surface area contributed by atoms with Gasteiger partial charge >= 0.3 is 11.8 Å². The second-order valence-corrected chi connectivity index (χ2v) is 6.88. The van der Waals surface area contributed by atoms with Gasteiger partial charge in [0.15, 0.2) is 18.0 Å². The van der Waals surface area contributed by atoms with Gasteiger partial charge in [0.05, 0.1) is 6.61 Å². The third-order valence-electron chi connectivity index (χ3n) is 3.58. The maximum Gasteiger partial charge on any atom is 0.509 e. The Morgan fingerprint density at radius 1 is 1.48 bits per heavy atom. The minimum atomic E-state index is -2.37. The fourth-order valence-corrected chi connectivity index (χ4v) is 2.53. The Morgan fingerprint density at radius 2 is 2.12 bits per heavy atom. The zero-order valence-electron chi connectivity index (χ0n) is 14.3. The number of aliphatic hydroxyl groups excluding tert-OH is 1. The molecular formula is C15H21FN2O7. The fourth-order valence-electron chi connectivity index (χ4n) is 2.53. The summed E-state index contributed by atoms with van der Waals surface area (Å²) < 4.78 is 31.5. The van der Waals surface area contributed by atoms with Crippen molar-refractivity contribution in [3.63, 3.8) is 0 Å². The molecule has 10 heteroatoms. The molecule has 0 amide bonds. The second kappa shape index (κ2) is 6.60. The molecule has 25 heavy (non-hydrogen) atoms. The molecule has 1 saturated heterocycles. The number of H-pyrrole nitrogens is 1. The highest BCUT2D eigenvalue weighted by Gasteiger charge is 2.58. The number of nitrogens with zero attached hydrogens (tertiary/aromatic N) is 1. The highest BCUT2D eigenvalue weighted by atomic mass is 19.1. The number of halogens is 1. The predicted molar refractivity (Wildman–Crippen MR) is 82.9 cm³/mol. The lowest BCUT2D eigenvalue weighted by molar-refractivity contribution is -0.0721. The molecule has 2 N–H and O–H groups in total. The van der Waals surface area contributed by atoms with Crippen molar-refractivity contribution in [1.29, 1.82) is 0 Å². The number of rotatable bonds is 3. The van der Waals surface area contributed by atoms with Gasteiger partial charge in [-0.15, -0.1) is 0 Å². The van der Waals surface area contributed by atoms with E-state index in [1.807, 2.05) is 4.98 Å². The summed E-state index contributed by atoms with van der Waals surface area (Å²) in [6.07, 6.45) is -4.31. The summed E-state index contributed by atoms with van der Waals surface area (Å²) in [4.78, 5) is 36.9. The molecule has 140 valence electrons. The number of carbonyl (C=O) groups is 1. The van der Waals surface area contributed by atoms with Gasteiger partial charge in [-0.2, -0.15) is 0 Å². The maximum absolute atomic E-state index is 15.3. The average molecular weight is 360 g/mol. The van der Waals surface area contributed by atoms with E-state index in [-0.39, 0.29) is 0 Å². The van der Waals surface area contributed by atoms with Gasteiger partial charge in [-0.05, 0) is 27.7 Å². The Hall–Kier alpha value is -2.20. The van der Waals surface area contributed by atoms with Crippen LogP contribution in [-0.2, 0) is 14.2 Å². The minimum absolute atomic E-state index is 0.651. The molecule has 0 saturated carbocycles. The van der Waals surface area contributed by atoms with Crippen LogP contribution >= 0.6 is 0 Å². The molecule has 1 aromatic rings. The normalized spacial score (nSPS) is 29.4. The first-order chi connectivity index (χ1) is 11.5. The summed E-state index contributed by atoms with van der Waals surface area (Å²) in [6, 6.07) is 1.02. The van der Waals surface area contributed by atoms with Crippen molar-refractivity contribution >= 4 is 6.16 Å². The number of aromatic amines is 1. The Balaban J connectivity index is 2.31. The van der Waals surface area contributed by atoms with Gasteiger partial charge in [0.25, 0.3) is 5.56 Å². The topological polar surface area (TPSA) is 120 Å². The van der Waals surface area contributed by atoms with Crippen molar-refractivity contribution in [2.24, 2.45) is 0 Å². The van der Waals surface area contributed by atoms with Crippen molar-refractivity contribution in [2.75, 3.05) is 6.61 Å². The standard InChI is InChI=1S/C15H21FN2O7/c1-14(2,3)25-13(22)24-10-8(7-19)23-11(15(10,4)16)18-6-5-9(20)17-12(18)21/h5-6,8,10-11,19H,7H2,1-4H3,(H,17,20,21)/t8-,10-,11-,15-/m1/s1. The highest BCUT2D eigenvalue weighted by molar-refractivity contribution is 5.61. The molecule has 0 aliphatic carbocycles. The van der Waals surface area contributed by atoms with E-state index in [1.54, 1.807) is 20.8 Å². The molecule has 0 radical (unpaired) electrons. The zero-order chi connectivity index (χ0) is 19.0. The third kappa shape index (κ3) is 4.07. The highest BCUT2D eigenvalue weighted by Crippen LogP contribution is 2.42. The van der Waals surface area contributed by atoms with E-state index >= 15 is 4.39 Å². The molecule has 2 rings (SSSR count). The van der Waals surface area contributed by atoms with E-state index in [9.17, 15) is 19.5 Å². The number of aromatic nitrogens is 2. The number of nitrogens with one attached hydrogen (secondary N) is 1. The lowest BCUT2D eigenvalue weighted by atomic mass is 9.98. The number of hydrogen-bond donors (Lipinski definition) is 2. The summed E-state index contributed by atoms with van der Waals surface area (Å²) in [5, 5.41) is 9.42. The van der Waals surface area contributed by atoms with Crippen LogP contribution in [0.3, 0.4) is 0 Å². The van der Waals surface area contributed by atoms with Crippen LogP contribution in [0, 0.1) is 0 Å². The van der Waals surface area contributed by atoms with E-state index in [0.29, 0.717) is 0 Å². The van der Waals surface area contributed by atoms with Gasteiger partial charge in [0.1, 0.15) is 11.7 Å². The van der Waals surface area contributed by atoms with Crippen molar-refractivity contribution < 1.29 is 28.5 Å². The summed E-state index contributed by atoms with van der Waals surface area (Å²) in [5.41, 5.74) is -4.77. The number of aliphatic hydroxyl groups is 1. The van der Waals surface area contributed by atoms with E-state index in [1.165, 1.54) is 0 Å². The van der Waals surface area contributed by atoms with Crippen LogP contribution in [-0.4, -0.2) is 50.9 Å². The first-order valence-corrected chi connectivity index (χ1v) is 7.62. The summed E-state index contributed by atoms with van der Waals surface area (Å²) in [6.45, 7) is 5.25. The number of ether oxygens (including phenoxy) is 3. The van der Waals surface area contributed by atoms with Crippen molar-refractivity contribution in [2.45, 2.75) is 57.4 Å². The predicted octanol–water partition coefficient (Wildman–Crippen LogP) is 0.475. The Bertz CT molecular complexity index is 749. The average Bonchev–Trinajstić information content (AvgIpc) is 2.69. The van der Waals surface area contributed by atoms with E-state index in [4.69, 9.17) is 14.2 Å². The smallest absolute Gasteiger partial charge is 0.429 e. The van der Waals surface area contributed by atoms with E-state index in [2.05, 4.69) is 0 Å². The van der Waals surface area contributed by atoms with Gasteiger partial charge < -0.3 is 19.3 Å². The SMILES string of the molecule is CC(C)(C)OC(=O)O[C@@H]1[C@@H](CO)O[C@@H](n2ccc(=O)[nH]c2=O)[C@]1(C)F. The number of alkyl halides is 1. The van der Waals surface area contributed by atoms with E-state index < -0.39 is 53.7 Å². The van der Waals surface area contributed by atoms with Crippen LogP contribution in [0.2, 0.25) is 0 Å². The number of hydrogen-bond acceptors (Lipinski definition) is 7. The first kappa shape index (κ1) is 19.1. The Kier molecular flexibility index (Phi) is 5.05. The van der Waals surface area contributed by atoms with Gasteiger partial charge in [0.2, 0.25) is 0 Å². The van der Waals surface area contributed by atoms with Crippen LogP contribution in [0.5, 0.6) is 0 Å². The molecule has 1 aliphatic rings. The first-order valence-electron chi connectivity index (χ1n) is 7.62. The summed E-state index contributed by atoms with van der Waals surface area (Å²) in [5.74, 6) is 0. The monoisotopic (exact) mass is 360 g/mol. The van der Waals surface area contributed by atoms with Crippen LogP contribution in [0.15, 0.2) is 21.9 Å². The summed E-state index contributed by atoms with van der Waals surface area (Å²) in [7, 11) is 0. The Morgan fingerprint density at radius 3 is 2.64 bits per heavy atom. The van der Waals surface area contributed by atoms with Crippen molar-refractivity contribution in [3.05, 3.63) is 33.1 Å². The number of carbonyl (C=O) groups excluding carboxylic acids is 1. The zero-order valence-corrected chi connectivity index (χ0v) is 14.3. The van der Waals surface area contributed by atoms with Gasteiger partial charge in [-0.1, -0.05) is 0 Å². The lowest BCUT2D eigenvalue weighted by Gasteiger charge is -2.28. The molecule has 1 fully saturated rings. The lowest BCUT2D eigenvalue weighted by Crippen LogP contribution is -2.46. The maximum atomic E-state index is 15.3. The van der Waals surface area contributed by atoms with Crippen molar-refractivity contribution in [3.8, 4) is 0 Å². The van der Waals surface area contributed by atoms with Crippen LogP contribution in [0.25, 0.3) is 0 Å². The molecule has 4 atom stereocenters. The minimum Gasteiger partial charge on any atom is -0.429 e. The van der Waals surface area contributed by atoms with Crippen LogP contribution in [0.1, 0.15) is 33.9 Å². The molecule has 0 bridgehead atoms. The van der Waals surface area contributed by atoms with E-state index in [0.717, 1.165) is 23.8 Å². The third-order valence-corrected chi connectivity index (χ3v) is 3.58. The largest absolute Gasteiger partial charge is 0.509 e. The Labute approximate surface area is 142 Å². The molecule has 9 nitrogen and oxygen atoms in total. The molecule has 0 spiro atoms. The molecule has 1 aromatic heterocycles. The quantitative estimate of drug-likeness (QED) is 0.752. The molecule has 0 aromatic carbocycles. The van der Waals surface area contributed by atoms with Crippen LogP contribution < -0.4 is 11.2 Å². The van der Waals surface area contributed by atoms with Gasteiger partial charge in [-0.3, -0.25) is 14.3 Å². The second-order valence-electron chi connectivity index (χ2n) is 6.88. The molecular weight excluding hydrogens is 339 g/mol. The molecule has 1 aliphatic heterocycles. The van der Waals surface area contributed by atoms with Crippen molar-refractivity contribution in [1.82, 2.24) is 9.55 Å². The fraction of sp³-hybridized carbons (Fsp3) is 0.667. The van der Waals surface area contributed by atoms with Gasteiger partial charge in [0, 0.05) is 12.3 Å². The van der Waals surface area contributed by atoms with Crippen LogP contribution in [0.4, 0.5) is 9.18 Å². The molecule has 0 unspecified atom stereocenters.